The van der Waals surface area contributed by atoms with Crippen LogP contribution in [0.5, 0.6) is 11.5 Å². The molecular formula is C22H19N3O6S. The lowest BCUT2D eigenvalue weighted by Crippen LogP contribution is -2.46. The van der Waals surface area contributed by atoms with Crippen molar-refractivity contribution < 1.29 is 24.0 Å². The van der Waals surface area contributed by atoms with Gasteiger partial charge in [-0.15, -0.1) is 0 Å². The van der Waals surface area contributed by atoms with Crippen molar-refractivity contribution in [2.24, 2.45) is 0 Å². The molecule has 2 N–H and O–H groups in total. The lowest BCUT2D eigenvalue weighted by Gasteiger charge is -2.34. The van der Waals surface area contributed by atoms with Crippen molar-refractivity contribution in [3.63, 3.8) is 0 Å². The minimum Gasteiger partial charge on any atom is -0.493 e. The number of methoxy groups -OCH3 is 1. The Morgan fingerprint density at radius 3 is 2.75 bits per heavy atom. The van der Waals surface area contributed by atoms with Crippen LogP contribution < -0.4 is 20.1 Å². The largest absolute Gasteiger partial charge is 0.493 e. The molecular weight excluding hydrogens is 434 g/mol. The van der Waals surface area contributed by atoms with E-state index in [0.717, 1.165) is 30.2 Å². The average molecular weight is 453 g/mol. The number of nitrogens with one attached hydrogen (secondary N) is 2. The van der Waals surface area contributed by atoms with Crippen LogP contribution in [0.15, 0.2) is 53.7 Å². The molecule has 2 aliphatic rings. The number of ketones is 1. The molecule has 0 fully saturated rings. The Hall–Kier alpha value is -3.79. The predicted molar refractivity (Wildman–Crippen MR) is 119 cm³/mol. The van der Waals surface area contributed by atoms with Gasteiger partial charge in [-0.25, -0.2) is 4.79 Å². The first kappa shape index (κ1) is 21.4. The predicted octanol–water partition coefficient (Wildman–Crippen LogP) is 3.35. The monoisotopic (exact) mass is 453 g/mol. The van der Waals surface area contributed by atoms with Gasteiger partial charge in [-0.1, -0.05) is 12.1 Å². The van der Waals surface area contributed by atoms with Gasteiger partial charge in [-0.2, -0.15) is 0 Å². The van der Waals surface area contributed by atoms with Crippen molar-refractivity contribution in [2.45, 2.75) is 25.3 Å². The fraction of sp³-hybridized carbons (Fsp3) is 0.227. The highest BCUT2D eigenvalue weighted by Crippen LogP contribution is 2.37. The summed E-state index contributed by atoms with van der Waals surface area (Å²) in [4.78, 5) is 35.5. The van der Waals surface area contributed by atoms with E-state index in [9.17, 15) is 19.7 Å². The first-order valence-corrected chi connectivity index (χ1v) is 10.3. The van der Waals surface area contributed by atoms with Crippen molar-refractivity contribution in [3.8, 4) is 11.5 Å². The Kier molecular flexibility index (Phi) is 5.87. The molecule has 1 atom stereocenters. The number of benzene rings is 2. The van der Waals surface area contributed by atoms with E-state index in [4.69, 9.17) is 21.7 Å². The molecule has 0 radical (unpaired) electrons. The van der Waals surface area contributed by atoms with Gasteiger partial charge < -0.3 is 20.1 Å². The van der Waals surface area contributed by atoms with Crippen LogP contribution in [0.1, 0.15) is 41.2 Å². The summed E-state index contributed by atoms with van der Waals surface area (Å²) in [5.41, 5.74) is 2.03. The van der Waals surface area contributed by atoms with Gasteiger partial charge in [0.25, 0.3) is 5.69 Å². The molecule has 1 aliphatic carbocycles. The van der Waals surface area contributed by atoms with Gasteiger partial charge >= 0.3 is 5.97 Å². The minimum absolute atomic E-state index is 0.0401. The zero-order chi connectivity index (χ0) is 22.8. The summed E-state index contributed by atoms with van der Waals surface area (Å²) in [6.07, 6.45) is 1.99. The summed E-state index contributed by atoms with van der Waals surface area (Å²) in [7, 11) is 1.43. The van der Waals surface area contributed by atoms with E-state index in [1.165, 1.54) is 25.3 Å². The molecule has 164 valence electrons. The SMILES string of the molecule is COc1cc(C2NC(=S)NC3=C2C(=O)CCC3)ccc1OC(=O)c1cccc([N+](=O)[O-])c1. The van der Waals surface area contributed by atoms with Crippen molar-refractivity contribution in [2.75, 3.05) is 7.11 Å². The molecule has 1 heterocycles. The smallest absolute Gasteiger partial charge is 0.343 e. The summed E-state index contributed by atoms with van der Waals surface area (Å²) in [6, 6.07) is 9.78. The number of carbonyl (C=O) groups is 2. The summed E-state index contributed by atoms with van der Waals surface area (Å²) in [5.74, 6) is -0.279. The first-order chi connectivity index (χ1) is 15.4. The van der Waals surface area contributed by atoms with Gasteiger partial charge in [0.15, 0.2) is 22.4 Å². The van der Waals surface area contributed by atoms with Gasteiger partial charge in [-0.05, 0) is 48.8 Å². The summed E-state index contributed by atoms with van der Waals surface area (Å²) < 4.78 is 10.8. The number of ether oxygens (including phenoxy) is 2. The Labute approximate surface area is 188 Å². The number of hydrogen-bond donors (Lipinski definition) is 2. The number of Topliss-reactive ketones (excluding diaryl/α,β-unsaturated/α-hetero) is 1. The van der Waals surface area contributed by atoms with Gasteiger partial charge in [0.1, 0.15) is 0 Å². The molecule has 1 unspecified atom stereocenters. The molecule has 0 saturated carbocycles. The number of non-ortho nitro benzene ring substituents is 1. The van der Waals surface area contributed by atoms with Gasteiger partial charge in [-0.3, -0.25) is 14.9 Å². The van der Waals surface area contributed by atoms with Crippen LogP contribution in [-0.4, -0.2) is 28.9 Å². The van der Waals surface area contributed by atoms with Crippen LogP contribution in [0, 0.1) is 10.1 Å². The highest BCUT2D eigenvalue weighted by Gasteiger charge is 2.33. The first-order valence-electron chi connectivity index (χ1n) is 9.85. The van der Waals surface area contributed by atoms with E-state index in [2.05, 4.69) is 10.6 Å². The molecule has 4 rings (SSSR count). The Morgan fingerprint density at radius 2 is 2.00 bits per heavy atom. The number of hydrogen-bond acceptors (Lipinski definition) is 7. The molecule has 0 bridgehead atoms. The normalized spacial score (nSPS) is 17.7. The molecule has 9 nitrogen and oxygen atoms in total. The molecule has 0 amide bonds. The Morgan fingerprint density at radius 1 is 1.19 bits per heavy atom. The number of thiocarbonyl (C=S) groups is 1. The number of allylic oxidation sites excluding steroid dienone is 1. The highest BCUT2D eigenvalue weighted by atomic mass is 32.1. The van der Waals surface area contributed by atoms with Gasteiger partial charge in [0.2, 0.25) is 0 Å². The number of esters is 1. The zero-order valence-corrected chi connectivity index (χ0v) is 17.9. The third kappa shape index (κ3) is 4.17. The number of rotatable bonds is 5. The van der Waals surface area contributed by atoms with E-state index < -0.39 is 16.9 Å². The second-order valence-corrected chi connectivity index (χ2v) is 7.72. The Bertz CT molecular complexity index is 1180. The summed E-state index contributed by atoms with van der Waals surface area (Å²) in [6.45, 7) is 0. The van der Waals surface area contributed by atoms with E-state index >= 15 is 0 Å². The third-order valence-electron chi connectivity index (χ3n) is 5.30. The van der Waals surface area contributed by atoms with Gasteiger partial charge in [0, 0.05) is 29.8 Å². The maximum Gasteiger partial charge on any atom is 0.343 e. The highest BCUT2D eigenvalue weighted by molar-refractivity contribution is 7.80. The summed E-state index contributed by atoms with van der Waals surface area (Å²) >= 11 is 5.30. The third-order valence-corrected chi connectivity index (χ3v) is 5.52. The molecule has 2 aromatic rings. The van der Waals surface area contributed by atoms with E-state index in [-0.39, 0.29) is 28.5 Å². The Balaban J connectivity index is 1.63. The quantitative estimate of drug-likeness (QED) is 0.231. The lowest BCUT2D eigenvalue weighted by molar-refractivity contribution is -0.384. The van der Waals surface area contributed by atoms with Crippen LogP contribution in [0.25, 0.3) is 0 Å². The molecule has 0 aromatic heterocycles. The van der Waals surface area contributed by atoms with Crippen molar-refractivity contribution in [1.29, 1.82) is 0 Å². The molecule has 2 aromatic carbocycles. The number of carbonyl (C=O) groups excluding carboxylic acids is 2. The van der Waals surface area contributed by atoms with Crippen LogP contribution in [0.3, 0.4) is 0 Å². The molecule has 0 spiro atoms. The fourth-order valence-corrected chi connectivity index (χ4v) is 4.05. The maximum atomic E-state index is 12.6. The van der Waals surface area contributed by atoms with Crippen LogP contribution in [-0.2, 0) is 4.79 Å². The van der Waals surface area contributed by atoms with Crippen molar-refractivity contribution in [3.05, 3.63) is 75.0 Å². The molecule has 1 aliphatic heterocycles. The molecule has 0 saturated heterocycles. The molecule has 32 heavy (non-hydrogen) atoms. The van der Waals surface area contributed by atoms with Crippen LogP contribution in [0.2, 0.25) is 0 Å². The molecule has 10 heteroatoms. The topological polar surface area (TPSA) is 120 Å². The average Bonchev–Trinajstić information content (AvgIpc) is 2.78. The van der Waals surface area contributed by atoms with E-state index in [1.54, 1.807) is 18.2 Å². The lowest BCUT2D eigenvalue weighted by atomic mass is 9.85. The zero-order valence-electron chi connectivity index (χ0n) is 17.0. The van der Waals surface area contributed by atoms with Crippen LogP contribution in [0.4, 0.5) is 5.69 Å². The van der Waals surface area contributed by atoms with E-state index in [0.29, 0.717) is 17.1 Å². The van der Waals surface area contributed by atoms with Crippen molar-refractivity contribution in [1.82, 2.24) is 10.6 Å². The standard InChI is InChI=1S/C22H19N3O6S/c1-30-18-11-12(20-19-15(23-22(32)24-20)6-3-7-16(19)26)8-9-17(18)31-21(27)13-4-2-5-14(10-13)25(28)29/h2,4-5,8-11,20H,3,6-7H2,1H3,(H2,23,24,32). The minimum atomic E-state index is -0.756. The van der Waals surface area contributed by atoms with Crippen LogP contribution >= 0.6 is 12.2 Å². The number of nitro benzene ring substituents is 1. The second-order valence-electron chi connectivity index (χ2n) is 7.31. The second kappa shape index (κ2) is 8.75. The maximum absolute atomic E-state index is 12.6. The number of nitro groups is 1. The van der Waals surface area contributed by atoms with Crippen molar-refractivity contribution >= 4 is 34.8 Å². The summed E-state index contributed by atoms with van der Waals surface area (Å²) in [5, 5.41) is 17.6. The van der Waals surface area contributed by atoms with Gasteiger partial charge in [0.05, 0.1) is 23.6 Å². The fourth-order valence-electron chi connectivity index (χ4n) is 3.81. The van der Waals surface area contributed by atoms with E-state index in [1.807, 2.05) is 0 Å². The number of nitrogens with zero attached hydrogens (tertiary/aromatic N) is 1.